The number of nitrogens with zero attached hydrogens (tertiary/aromatic N) is 1. The summed E-state index contributed by atoms with van der Waals surface area (Å²) in [5.41, 5.74) is 3.10. The van der Waals surface area contributed by atoms with E-state index in [9.17, 15) is 27.9 Å². The van der Waals surface area contributed by atoms with Crippen LogP contribution in [0.2, 0.25) is 0 Å². The zero-order chi connectivity index (χ0) is 30.0. The van der Waals surface area contributed by atoms with Crippen LogP contribution in [0.1, 0.15) is 35.2 Å². The van der Waals surface area contributed by atoms with Gasteiger partial charge in [-0.3, -0.25) is 9.59 Å². The SMILES string of the molecule is Cc1c(-c2ccccc2)nc2ccc(Br)cc2c1C(=O)NC1CCC(C(=O)O)CC1Oc1ccccc1OC(F)(F)F. The topological polar surface area (TPSA) is 97.8 Å². The molecular weight excluding hydrogens is 617 g/mol. The van der Waals surface area contributed by atoms with Crippen LogP contribution in [-0.2, 0) is 4.79 Å². The summed E-state index contributed by atoms with van der Waals surface area (Å²) in [6, 6.07) is 19.5. The number of carbonyl (C=O) groups excluding carboxylic acids is 1. The highest BCUT2D eigenvalue weighted by molar-refractivity contribution is 9.10. The summed E-state index contributed by atoms with van der Waals surface area (Å²) < 4.78 is 49.9. The molecule has 11 heteroatoms. The van der Waals surface area contributed by atoms with Gasteiger partial charge >= 0.3 is 12.3 Å². The molecule has 0 spiro atoms. The number of nitrogens with one attached hydrogen (secondary N) is 1. The lowest BCUT2D eigenvalue weighted by atomic mass is 9.83. The van der Waals surface area contributed by atoms with Crippen molar-refractivity contribution in [2.75, 3.05) is 0 Å². The smallest absolute Gasteiger partial charge is 0.484 e. The Kier molecular flexibility index (Phi) is 8.40. The van der Waals surface area contributed by atoms with Gasteiger partial charge in [0.1, 0.15) is 6.10 Å². The Morgan fingerprint density at radius 1 is 1.00 bits per heavy atom. The molecule has 1 aliphatic carbocycles. The number of pyridine rings is 1. The zero-order valence-electron chi connectivity index (χ0n) is 22.3. The van der Waals surface area contributed by atoms with Crippen LogP contribution in [-0.4, -0.2) is 40.5 Å². The number of alkyl halides is 3. The van der Waals surface area contributed by atoms with Crippen molar-refractivity contribution in [3.05, 3.63) is 88.4 Å². The van der Waals surface area contributed by atoms with E-state index >= 15 is 0 Å². The van der Waals surface area contributed by atoms with E-state index in [0.717, 1.165) is 16.1 Å². The third-order valence-corrected chi connectivity index (χ3v) is 7.77. The van der Waals surface area contributed by atoms with Crippen LogP contribution in [0.4, 0.5) is 13.2 Å². The number of carboxylic acid groups (broad SMARTS) is 1. The van der Waals surface area contributed by atoms with Crippen molar-refractivity contribution >= 4 is 38.7 Å². The van der Waals surface area contributed by atoms with Crippen molar-refractivity contribution in [3.63, 3.8) is 0 Å². The molecule has 218 valence electrons. The number of rotatable bonds is 7. The van der Waals surface area contributed by atoms with E-state index in [2.05, 4.69) is 26.0 Å². The van der Waals surface area contributed by atoms with Crippen molar-refractivity contribution in [1.82, 2.24) is 10.3 Å². The minimum atomic E-state index is -4.95. The van der Waals surface area contributed by atoms with Gasteiger partial charge < -0.3 is 19.9 Å². The van der Waals surface area contributed by atoms with Crippen molar-refractivity contribution < 1.29 is 37.3 Å². The van der Waals surface area contributed by atoms with Gasteiger partial charge in [0.25, 0.3) is 5.91 Å². The maximum Gasteiger partial charge on any atom is 0.573 e. The molecule has 1 amide bonds. The van der Waals surface area contributed by atoms with E-state index in [1.807, 2.05) is 49.4 Å². The predicted octanol–water partition coefficient (Wildman–Crippen LogP) is 7.30. The Morgan fingerprint density at radius 2 is 1.69 bits per heavy atom. The Morgan fingerprint density at radius 3 is 2.38 bits per heavy atom. The normalized spacial score (nSPS) is 18.8. The van der Waals surface area contributed by atoms with E-state index < -0.39 is 42.1 Å². The average Bonchev–Trinajstić information content (AvgIpc) is 2.94. The Balaban J connectivity index is 1.51. The van der Waals surface area contributed by atoms with Gasteiger partial charge in [0, 0.05) is 15.4 Å². The van der Waals surface area contributed by atoms with E-state index in [0.29, 0.717) is 27.7 Å². The van der Waals surface area contributed by atoms with Crippen LogP contribution in [0.15, 0.2) is 77.3 Å². The second-order valence-electron chi connectivity index (χ2n) is 10.1. The number of halogens is 4. The second kappa shape index (κ2) is 12.0. The van der Waals surface area contributed by atoms with E-state index in [1.54, 1.807) is 6.07 Å². The van der Waals surface area contributed by atoms with Gasteiger partial charge in [-0.25, -0.2) is 4.98 Å². The van der Waals surface area contributed by atoms with Gasteiger partial charge in [0.2, 0.25) is 0 Å². The monoisotopic (exact) mass is 642 g/mol. The fraction of sp³-hybridized carbons (Fsp3) is 0.258. The molecule has 3 atom stereocenters. The third-order valence-electron chi connectivity index (χ3n) is 7.28. The first-order valence-electron chi connectivity index (χ1n) is 13.2. The number of carbonyl (C=O) groups is 2. The molecule has 1 saturated carbocycles. The number of ether oxygens (including phenoxy) is 2. The fourth-order valence-electron chi connectivity index (χ4n) is 5.31. The molecule has 4 aromatic rings. The van der Waals surface area contributed by atoms with Crippen molar-refractivity contribution in [2.24, 2.45) is 5.92 Å². The predicted molar refractivity (Wildman–Crippen MR) is 153 cm³/mol. The van der Waals surface area contributed by atoms with Crippen LogP contribution in [0.5, 0.6) is 11.5 Å². The molecule has 0 bridgehead atoms. The van der Waals surface area contributed by atoms with Crippen LogP contribution >= 0.6 is 15.9 Å². The average molecular weight is 643 g/mol. The van der Waals surface area contributed by atoms with Crippen molar-refractivity contribution in [1.29, 1.82) is 0 Å². The number of fused-ring (bicyclic) bond motifs is 1. The van der Waals surface area contributed by atoms with Crippen LogP contribution in [0.25, 0.3) is 22.2 Å². The van der Waals surface area contributed by atoms with Crippen molar-refractivity contribution in [3.8, 4) is 22.8 Å². The zero-order valence-corrected chi connectivity index (χ0v) is 23.9. The first-order chi connectivity index (χ1) is 20.0. The number of aliphatic carboxylic acids is 1. The molecule has 2 N–H and O–H groups in total. The highest BCUT2D eigenvalue weighted by Crippen LogP contribution is 2.37. The van der Waals surface area contributed by atoms with Gasteiger partial charge in [0.15, 0.2) is 11.5 Å². The molecule has 3 unspecified atom stereocenters. The van der Waals surface area contributed by atoms with Gasteiger partial charge in [-0.2, -0.15) is 0 Å². The van der Waals surface area contributed by atoms with Crippen LogP contribution in [0, 0.1) is 12.8 Å². The largest absolute Gasteiger partial charge is 0.573 e. The standard InChI is InChI=1S/C31H26BrF3N2O5/c1-17-27(21-16-20(32)12-14-22(21)36-28(17)18-7-3-2-4-8-18)29(38)37-23-13-11-19(30(39)40)15-26(23)41-24-9-5-6-10-25(24)42-31(33,34)35/h2-10,12,14,16,19,23,26H,11,13,15H2,1H3,(H,37,38)(H,39,40). The van der Waals surface area contributed by atoms with E-state index in [-0.39, 0.29) is 25.0 Å². The van der Waals surface area contributed by atoms with Gasteiger partial charge in [-0.1, -0.05) is 58.4 Å². The van der Waals surface area contributed by atoms with Crippen LogP contribution < -0.4 is 14.8 Å². The minimum Gasteiger partial charge on any atom is -0.484 e. The van der Waals surface area contributed by atoms with Crippen molar-refractivity contribution in [2.45, 2.75) is 44.7 Å². The molecule has 1 fully saturated rings. The summed E-state index contributed by atoms with van der Waals surface area (Å²) in [6.45, 7) is 1.81. The number of carboxylic acids is 1. The Hall–Kier alpha value is -4.12. The molecule has 0 saturated heterocycles. The number of aromatic nitrogens is 1. The molecule has 0 aliphatic heterocycles. The molecule has 3 aromatic carbocycles. The first-order valence-corrected chi connectivity index (χ1v) is 14.0. The lowest BCUT2D eigenvalue weighted by Gasteiger charge is -2.35. The summed E-state index contributed by atoms with van der Waals surface area (Å²) in [7, 11) is 0. The third kappa shape index (κ3) is 6.51. The maximum atomic E-state index is 14.0. The van der Waals surface area contributed by atoms with Gasteiger partial charge in [-0.15, -0.1) is 13.2 Å². The van der Waals surface area contributed by atoms with Gasteiger partial charge in [0.05, 0.1) is 28.7 Å². The molecule has 7 nitrogen and oxygen atoms in total. The molecule has 42 heavy (non-hydrogen) atoms. The van der Waals surface area contributed by atoms with E-state index in [4.69, 9.17) is 9.72 Å². The summed E-state index contributed by atoms with van der Waals surface area (Å²) in [6.07, 6.45) is -5.40. The fourth-order valence-corrected chi connectivity index (χ4v) is 5.67. The second-order valence-corrected chi connectivity index (χ2v) is 11.0. The van der Waals surface area contributed by atoms with Crippen LogP contribution in [0.3, 0.4) is 0 Å². The number of hydrogen-bond donors (Lipinski definition) is 2. The minimum absolute atomic E-state index is 0.0163. The maximum absolute atomic E-state index is 14.0. The number of amides is 1. The molecule has 5 rings (SSSR count). The quantitative estimate of drug-likeness (QED) is 0.219. The number of benzene rings is 3. The lowest BCUT2D eigenvalue weighted by Crippen LogP contribution is -2.50. The summed E-state index contributed by atoms with van der Waals surface area (Å²) in [4.78, 5) is 30.7. The van der Waals surface area contributed by atoms with E-state index in [1.165, 1.54) is 18.2 Å². The lowest BCUT2D eigenvalue weighted by molar-refractivity contribution is -0.275. The molecule has 1 aliphatic rings. The summed E-state index contributed by atoms with van der Waals surface area (Å²) in [5, 5.41) is 13.3. The Labute approximate surface area is 247 Å². The summed E-state index contributed by atoms with van der Waals surface area (Å²) in [5.74, 6) is -3.02. The molecule has 1 aromatic heterocycles. The Bertz CT molecular complexity index is 1630. The number of para-hydroxylation sites is 2. The molecule has 1 heterocycles. The van der Waals surface area contributed by atoms with Gasteiger partial charge in [-0.05, 0) is 62.1 Å². The highest BCUT2D eigenvalue weighted by Gasteiger charge is 2.38. The first kappa shape index (κ1) is 29.4. The highest BCUT2D eigenvalue weighted by atomic mass is 79.9. The summed E-state index contributed by atoms with van der Waals surface area (Å²) >= 11 is 3.47. The molecule has 0 radical (unpaired) electrons. The molecular formula is C31H26BrF3N2O5. The number of hydrogen-bond acceptors (Lipinski definition) is 5.